The van der Waals surface area contributed by atoms with Crippen LogP contribution >= 0.6 is 11.3 Å². The lowest BCUT2D eigenvalue weighted by molar-refractivity contribution is -0.124. The number of esters is 1. The summed E-state index contributed by atoms with van der Waals surface area (Å²) in [6.07, 6.45) is 0. The van der Waals surface area contributed by atoms with E-state index >= 15 is 0 Å². The van der Waals surface area contributed by atoms with E-state index in [1.165, 1.54) is 0 Å². The number of ether oxygens (including phenoxy) is 1. The standard InChI is InChI=1S/C17H15NO4S/c1-11(15-7-4-8-23-15)18-16(19)10-21-17(20)14-9-12-5-2-3-6-13(12)22-14/h2-9,11H,10H2,1H3,(H,18,19)/t11-/m1/s1. The normalized spacial score (nSPS) is 12.0. The highest BCUT2D eigenvalue weighted by Crippen LogP contribution is 2.20. The van der Waals surface area contributed by atoms with Crippen LogP contribution in [0.4, 0.5) is 0 Å². The van der Waals surface area contributed by atoms with Crippen LogP contribution in [0, 0.1) is 0 Å². The molecule has 0 fully saturated rings. The second-order valence-corrected chi connectivity index (χ2v) is 6.01. The quantitative estimate of drug-likeness (QED) is 0.727. The minimum atomic E-state index is -0.653. The van der Waals surface area contributed by atoms with Crippen molar-refractivity contribution in [1.29, 1.82) is 0 Å². The fourth-order valence-electron chi connectivity index (χ4n) is 2.18. The third-order valence-corrected chi connectivity index (χ3v) is 4.36. The Kier molecular flexibility index (Phi) is 4.43. The van der Waals surface area contributed by atoms with Gasteiger partial charge in [0.1, 0.15) is 5.58 Å². The second kappa shape index (κ2) is 6.66. The summed E-state index contributed by atoms with van der Waals surface area (Å²) in [5.41, 5.74) is 0.607. The van der Waals surface area contributed by atoms with Crippen LogP contribution in [0.3, 0.4) is 0 Å². The number of thiophene rings is 1. The molecule has 1 atom stereocenters. The summed E-state index contributed by atoms with van der Waals surface area (Å²) in [5.74, 6) is -0.916. The van der Waals surface area contributed by atoms with Crippen LogP contribution in [0.5, 0.6) is 0 Å². The Morgan fingerprint density at radius 2 is 2.09 bits per heavy atom. The van der Waals surface area contributed by atoms with Crippen LogP contribution in [0.2, 0.25) is 0 Å². The molecule has 1 N–H and O–H groups in total. The molecule has 5 nitrogen and oxygen atoms in total. The van der Waals surface area contributed by atoms with Crippen molar-refractivity contribution in [3.05, 3.63) is 58.5 Å². The summed E-state index contributed by atoms with van der Waals surface area (Å²) in [6.45, 7) is 1.54. The Morgan fingerprint density at radius 3 is 2.83 bits per heavy atom. The molecule has 0 saturated carbocycles. The zero-order valence-electron chi connectivity index (χ0n) is 12.4. The molecular formula is C17H15NO4S. The minimum Gasteiger partial charge on any atom is -0.450 e. The number of fused-ring (bicyclic) bond motifs is 1. The third-order valence-electron chi connectivity index (χ3n) is 3.31. The van der Waals surface area contributed by atoms with Gasteiger partial charge in [-0.2, -0.15) is 0 Å². The maximum atomic E-state index is 11.9. The van der Waals surface area contributed by atoms with Crippen LogP contribution in [-0.2, 0) is 9.53 Å². The van der Waals surface area contributed by atoms with Gasteiger partial charge >= 0.3 is 5.97 Å². The Labute approximate surface area is 136 Å². The summed E-state index contributed by atoms with van der Waals surface area (Å²) < 4.78 is 10.4. The van der Waals surface area contributed by atoms with Gasteiger partial charge in [0.15, 0.2) is 6.61 Å². The molecule has 3 aromatic rings. The number of hydrogen-bond donors (Lipinski definition) is 1. The van der Waals surface area contributed by atoms with Gasteiger partial charge in [-0.25, -0.2) is 4.79 Å². The second-order valence-electron chi connectivity index (χ2n) is 5.03. The Hall–Kier alpha value is -2.60. The Bertz CT molecular complexity index is 789. The van der Waals surface area contributed by atoms with Crippen molar-refractivity contribution in [2.75, 3.05) is 6.61 Å². The highest BCUT2D eigenvalue weighted by Gasteiger charge is 2.16. The van der Waals surface area contributed by atoms with E-state index in [2.05, 4.69) is 5.32 Å². The van der Waals surface area contributed by atoms with E-state index in [0.29, 0.717) is 5.58 Å². The lowest BCUT2D eigenvalue weighted by atomic mass is 10.2. The van der Waals surface area contributed by atoms with Crippen LogP contribution in [0.25, 0.3) is 11.0 Å². The van der Waals surface area contributed by atoms with Crippen LogP contribution < -0.4 is 5.32 Å². The molecular weight excluding hydrogens is 314 g/mol. The van der Waals surface area contributed by atoms with Gasteiger partial charge in [0.05, 0.1) is 6.04 Å². The largest absolute Gasteiger partial charge is 0.450 e. The molecule has 0 saturated heterocycles. The number of nitrogens with one attached hydrogen (secondary N) is 1. The van der Waals surface area contributed by atoms with Crippen LogP contribution in [0.1, 0.15) is 28.4 Å². The van der Waals surface area contributed by atoms with Gasteiger partial charge in [-0.15, -0.1) is 11.3 Å². The zero-order chi connectivity index (χ0) is 16.2. The molecule has 1 aromatic carbocycles. The maximum absolute atomic E-state index is 11.9. The van der Waals surface area contributed by atoms with Crippen molar-refractivity contribution in [1.82, 2.24) is 5.32 Å². The van der Waals surface area contributed by atoms with Crippen molar-refractivity contribution < 1.29 is 18.7 Å². The lowest BCUT2D eigenvalue weighted by Gasteiger charge is -2.11. The van der Waals surface area contributed by atoms with Gasteiger partial charge in [0, 0.05) is 10.3 Å². The first-order valence-electron chi connectivity index (χ1n) is 7.12. The number of rotatable bonds is 5. The molecule has 2 heterocycles. The zero-order valence-corrected chi connectivity index (χ0v) is 13.3. The van der Waals surface area contributed by atoms with Gasteiger partial charge in [-0.05, 0) is 30.5 Å². The summed E-state index contributed by atoms with van der Waals surface area (Å²) in [5, 5.41) is 5.54. The average molecular weight is 329 g/mol. The number of para-hydroxylation sites is 1. The summed E-state index contributed by atoms with van der Waals surface area (Å²) in [4.78, 5) is 24.8. The first kappa shape index (κ1) is 15.3. The predicted octanol–water partition coefficient (Wildman–Crippen LogP) is 3.53. The monoisotopic (exact) mass is 329 g/mol. The molecule has 6 heteroatoms. The molecule has 3 rings (SSSR count). The SMILES string of the molecule is C[C@@H](NC(=O)COC(=O)c1cc2ccccc2o1)c1cccs1. The van der Waals surface area contributed by atoms with Crippen molar-refractivity contribution in [2.24, 2.45) is 0 Å². The van der Waals surface area contributed by atoms with Gasteiger partial charge < -0.3 is 14.5 Å². The van der Waals surface area contributed by atoms with Crippen LogP contribution in [-0.4, -0.2) is 18.5 Å². The average Bonchev–Trinajstić information content (AvgIpc) is 3.21. The first-order valence-corrected chi connectivity index (χ1v) is 8.00. The minimum absolute atomic E-state index is 0.0882. The topological polar surface area (TPSA) is 68.5 Å². The van der Waals surface area contributed by atoms with Gasteiger partial charge in [-0.1, -0.05) is 24.3 Å². The number of furan rings is 1. The Balaban J connectivity index is 1.55. The molecule has 118 valence electrons. The van der Waals surface area contributed by atoms with E-state index in [4.69, 9.17) is 9.15 Å². The first-order chi connectivity index (χ1) is 11.1. The highest BCUT2D eigenvalue weighted by molar-refractivity contribution is 7.10. The molecule has 0 aliphatic carbocycles. The molecule has 2 aromatic heterocycles. The van der Waals surface area contributed by atoms with Crippen molar-refractivity contribution in [3.63, 3.8) is 0 Å². The number of amides is 1. The molecule has 1 amide bonds. The van der Waals surface area contributed by atoms with E-state index < -0.39 is 5.97 Å². The number of carbonyl (C=O) groups is 2. The van der Waals surface area contributed by atoms with E-state index in [0.717, 1.165) is 10.3 Å². The molecule has 0 bridgehead atoms. The molecule has 0 aliphatic heterocycles. The highest BCUT2D eigenvalue weighted by atomic mass is 32.1. The predicted molar refractivity (Wildman–Crippen MR) is 87.4 cm³/mol. The lowest BCUT2D eigenvalue weighted by Crippen LogP contribution is -2.30. The van der Waals surface area contributed by atoms with Gasteiger partial charge in [-0.3, -0.25) is 4.79 Å². The fraction of sp³-hybridized carbons (Fsp3) is 0.176. The summed E-state index contributed by atoms with van der Waals surface area (Å²) in [6, 6.07) is 12.6. The smallest absolute Gasteiger partial charge is 0.374 e. The molecule has 0 radical (unpaired) electrons. The number of hydrogen-bond acceptors (Lipinski definition) is 5. The molecule has 0 spiro atoms. The van der Waals surface area contributed by atoms with E-state index in [1.807, 2.05) is 42.6 Å². The van der Waals surface area contributed by atoms with Crippen LogP contribution in [0.15, 0.2) is 52.3 Å². The summed E-state index contributed by atoms with van der Waals surface area (Å²) in [7, 11) is 0. The van der Waals surface area contributed by atoms with Crippen molar-refractivity contribution >= 4 is 34.2 Å². The van der Waals surface area contributed by atoms with Gasteiger partial charge in [0.25, 0.3) is 5.91 Å². The van der Waals surface area contributed by atoms with E-state index in [-0.39, 0.29) is 24.3 Å². The maximum Gasteiger partial charge on any atom is 0.374 e. The molecule has 23 heavy (non-hydrogen) atoms. The molecule has 0 aliphatic rings. The van der Waals surface area contributed by atoms with Gasteiger partial charge in [0.2, 0.25) is 5.76 Å². The third kappa shape index (κ3) is 3.60. The van der Waals surface area contributed by atoms with Crippen molar-refractivity contribution in [3.8, 4) is 0 Å². The summed E-state index contributed by atoms with van der Waals surface area (Å²) >= 11 is 1.56. The fourth-order valence-corrected chi connectivity index (χ4v) is 2.91. The van der Waals surface area contributed by atoms with Crippen molar-refractivity contribution in [2.45, 2.75) is 13.0 Å². The van der Waals surface area contributed by atoms with E-state index in [1.54, 1.807) is 23.5 Å². The Morgan fingerprint density at radius 1 is 1.26 bits per heavy atom. The molecule has 0 unspecified atom stereocenters. The number of carbonyl (C=O) groups excluding carboxylic acids is 2. The van der Waals surface area contributed by atoms with E-state index in [9.17, 15) is 9.59 Å². The number of benzene rings is 1.